The zero-order valence-corrected chi connectivity index (χ0v) is 16.6. The molecule has 0 radical (unpaired) electrons. The number of nitrogens with one attached hydrogen (secondary N) is 2. The average molecular weight is 366 g/mol. The molecule has 0 spiro atoms. The van der Waals surface area contributed by atoms with Gasteiger partial charge in [-0.25, -0.2) is 0 Å². The summed E-state index contributed by atoms with van der Waals surface area (Å²) < 4.78 is 10.6. The molecule has 25 heavy (non-hydrogen) atoms. The van der Waals surface area contributed by atoms with Gasteiger partial charge in [-0.15, -0.1) is 0 Å². The molecule has 0 saturated carbocycles. The van der Waals surface area contributed by atoms with Gasteiger partial charge in [0.15, 0.2) is 5.11 Å². The Morgan fingerprint density at radius 2 is 1.92 bits per heavy atom. The quantitative estimate of drug-likeness (QED) is 0.571. The molecule has 0 bridgehead atoms. The third-order valence-corrected chi connectivity index (χ3v) is 4.78. The highest BCUT2D eigenvalue weighted by atomic mass is 32.1. The highest BCUT2D eigenvalue weighted by Gasteiger charge is 2.20. The number of hydrogen-bond acceptors (Lipinski definition) is 4. The molecule has 0 unspecified atom stereocenters. The Bertz CT molecular complexity index is 558. The van der Waals surface area contributed by atoms with Crippen molar-refractivity contribution >= 4 is 23.0 Å². The molecule has 0 amide bonds. The second kappa shape index (κ2) is 9.82. The third-order valence-electron chi connectivity index (χ3n) is 4.54. The number of likely N-dealkylation sites (tertiary alicyclic amines) is 1. The van der Waals surface area contributed by atoms with Crippen LogP contribution in [-0.4, -0.2) is 50.4 Å². The molecule has 1 fully saturated rings. The van der Waals surface area contributed by atoms with E-state index in [1.807, 2.05) is 18.2 Å². The van der Waals surface area contributed by atoms with Gasteiger partial charge in [-0.1, -0.05) is 13.8 Å². The van der Waals surface area contributed by atoms with E-state index in [1.165, 1.54) is 19.5 Å². The van der Waals surface area contributed by atoms with E-state index in [0.717, 1.165) is 42.8 Å². The van der Waals surface area contributed by atoms with Crippen molar-refractivity contribution in [3.05, 3.63) is 18.2 Å². The lowest BCUT2D eigenvalue weighted by molar-refractivity contribution is 0.140. The van der Waals surface area contributed by atoms with Crippen molar-refractivity contribution in [3.8, 4) is 11.5 Å². The van der Waals surface area contributed by atoms with Crippen LogP contribution in [0.1, 0.15) is 26.7 Å². The van der Waals surface area contributed by atoms with E-state index in [-0.39, 0.29) is 0 Å². The van der Waals surface area contributed by atoms with E-state index in [9.17, 15) is 0 Å². The zero-order chi connectivity index (χ0) is 18.2. The number of anilines is 1. The molecule has 6 heteroatoms. The smallest absolute Gasteiger partial charge is 0.170 e. The van der Waals surface area contributed by atoms with E-state index >= 15 is 0 Å². The fourth-order valence-electron chi connectivity index (χ4n) is 3.55. The van der Waals surface area contributed by atoms with Gasteiger partial charge in [-0.2, -0.15) is 0 Å². The van der Waals surface area contributed by atoms with Crippen molar-refractivity contribution in [3.63, 3.8) is 0 Å². The largest absolute Gasteiger partial charge is 0.497 e. The summed E-state index contributed by atoms with van der Waals surface area (Å²) in [6.45, 7) is 9.12. The monoisotopic (exact) mass is 365 g/mol. The SMILES string of the molecule is COc1ccc(NC(=S)NCCCN2C[C@H](C)C[C@@H](C)C2)c(OC)c1. The summed E-state index contributed by atoms with van der Waals surface area (Å²) in [6.07, 6.45) is 2.44. The van der Waals surface area contributed by atoms with Crippen LogP contribution >= 0.6 is 12.2 Å². The molecule has 0 aliphatic carbocycles. The van der Waals surface area contributed by atoms with E-state index in [0.29, 0.717) is 10.9 Å². The second-order valence-electron chi connectivity index (χ2n) is 7.01. The predicted octanol–water partition coefficient (Wildman–Crippen LogP) is 3.36. The second-order valence-corrected chi connectivity index (χ2v) is 7.41. The number of ether oxygens (including phenoxy) is 2. The van der Waals surface area contributed by atoms with Gasteiger partial charge in [0.25, 0.3) is 0 Å². The Kier molecular flexibility index (Phi) is 7.78. The number of nitrogens with zero attached hydrogens (tertiary/aromatic N) is 1. The third kappa shape index (κ3) is 6.36. The summed E-state index contributed by atoms with van der Waals surface area (Å²) in [7, 11) is 3.27. The highest BCUT2D eigenvalue weighted by Crippen LogP contribution is 2.28. The van der Waals surface area contributed by atoms with Gasteiger partial charge in [0, 0.05) is 25.7 Å². The Hall–Kier alpha value is -1.53. The lowest BCUT2D eigenvalue weighted by Crippen LogP contribution is -2.40. The minimum Gasteiger partial charge on any atom is -0.497 e. The standard InChI is InChI=1S/C19H31N3O2S/c1-14-10-15(2)13-22(12-14)9-5-8-20-19(25)21-17-7-6-16(23-3)11-18(17)24-4/h6-7,11,14-15H,5,8-10,12-13H2,1-4H3,(H2,20,21,25)/t14-,15-/m1/s1. The van der Waals surface area contributed by atoms with E-state index in [2.05, 4.69) is 29.4 Å². The van der Waals surface area contributed by atoms with Crippen LogP contribution in [0.2, 0.25) is 0 Å². The van der Waals surface area contributed by atoms with Crippen molar-refractivity contribution < 1.29 is 9.47 Å². The number of thiocarbonyl (C=S) groups is 1. The van der Waals surface area contributed by atoms with E-state index < -0.39 is 0 Å². The van der Waals surface area contributed by atoms with Crippen molar-refractivity contribution in [1.29, 1.82) is 0 Å². The summed E-state index contributed by atoms with van der Waals surface area (Å²) in [5.74, 6) is 3.08. The number of benzene rings is 1. The Morgan fingerprint density at radius 1 is 1.20 bits per heavy atom. The van der Waals surface area contributed by atoms with Gasteiger partial charge in [-0.3, -0.25) is 0 Å². The molecule has 1 aromatic rings. The molecule has 1 aliphatic heterocycles. The molecule has 2 rings (SSSR count). The van der Waals surface area contributed by atoms with Crippen LogP contribution in [0.5, 0.6) is 11.5 Å². The lowest BCUT2D eigenvalue weighted by atomic mass is 9.92. The van der Waals surface area contributed by atoms with Crippen LogP contribution in [-0.2, 0) is 0 Å². The average Bonchev–Trinajstić information content (AvgIpc) is 2.58. The molecular formula is C19H31N3O2S. The lowest BCUT2D eigenvalue weighted by Gasteiger charge is -2.35. The number of hydrogen-bond donors (Lipinski definition) is 2. The summed E-state index contributed by atoms with van der Waals surface area (Å²) in [6, 6.07) is 5.62. The number of methoxy groups -OCH3 is 2. The van der Waals surface area contributed by atoms with Crippen LogP contribution in [0.3, 0.4) is 0 Å². The van der Waals surface area contributed by atoms with Crippen LogP contribution < -0.4 is 20.1 Å². The first-order valence-corrected chi connectivity index (χ1v) is 9.42. The summed E-state index contributed by atoms with van der Waals surface area (Å²) in [5.41, 5.74) is 0.833. The van der Waals surface area contributed by atoms with Crippen LogP contribution in [0.25, 0.3) is 0 Å². The fraction of sp³-hybridized carbons (Fsp3) is 0.632. The Morgan fingerprint density at radius 3 is 2.56 bits per heavy atom. The zero-order valence-electron chi connectivity index (χ0n) is 15.8. The molecule has 0 aromatic heterocycles. The maximum Gasteiger partial charge on any atom is 0.170 e. The molecule has 1 aliphatic rings. The minimum absolute atomic E-state index is 0.615. The molecular weight excluding hydrogens is 334 g/mol. The summed E-state index contributed by atoms with van der Waals surface area (Å²) in [4.78, 5) is 2.57. The van der Waals surface area contributed by atoms with Crippen molar-refractivity contribution in [1.82, 2.24) is 10.2 Å². The molecule has 140 valence electrons. The minimum atomic E-state index is 0.615. The van der Waals surface area contributed by atoms with E-state index in [4.69, 9.17) is 21.7 Å². The first-order chi connectivity index (χ1) is 12.0. The van der Waals surface area contributed by atoms with Crippen molar-refractivity contribution in [2.45, 2.75) is 26.7 Å². The van der Waals surface area contributed by atoms with Gasteiger partial charge in [0.1, 0.15) is 11.5 Å². The van der Waals surface area contributed by atoms with Crippen LogP contribution in [0.4, 0.5) is 5.69 Å². The fourth-order valence-corrected chi connectivity index (χ4v) is 3.76. The molecule has 1 aromatic carbocycles. The highest BCUT2D eigenvalue weighted by molar-refractivity contribution is 7.80. The first-order valence-electron chi connectivity index (χ1n) is 9.01. The predicted molar refractivity (Wildman–Crippen MR) is 108 cm³/mol. The molecule has 2 atom stereocenters. The van der Waals surface area contributed by atoms with E-state index in [1.54, 1.807) is 14.2 Å². The number of rotatable bonds is 7. The van der Waals surface area contributed by atoms with Crippen LogP contribution in [0.15, 0.2) is 18.2 Å². The normalized spacial score (nSPS) is 20.8. The van der Waals surface area contributed by atoms with Gasteiger partial charge < -0.3 is 25.0 Å². The molecule has 5 nitrogen and oxygen atoms in total. The first kappa shape index (κ1) is 19.8. The van der Waals surface area contributed by atoms with Crippen molar-refractivity contribution in [2.24, 2.45) is 11.8 Å². The summed E-state index contributed by atoms with van der Waals surface area (Å²) in [5, 5.41) is 7.09. The summed E-state index contributed by atoms with van der Waals surface area (Å²) >= 11 is 5.39. The van der Waals surface area contributed by atoms with Crippen molar-refractivity contribution in [2.75, 3.05) is 45.7 Å². The molecule has 2 N–H and O–H groups in total. The van der Waals surface area contributed by atoms with Crippen LogP contribution in [0, 0.1) is 11.8 Å². The van der Waals surface area contributed by atoms with Gasteiger partial charge in [0.2, 0.25) is 0 Å². The molecule has 1 heterocycles. The maximum atomic E-state index is 5.39. The Labute approximate surface area is 157 Å². The number of piperidine rings is 1. The molecule has 1 saturated heterocycles. The maximum absolute atomic E-state index is 5.39. The van der Waals surface area contributed by atoms with Gasteiger partial charge in [-0.05, 0) is 55.6 Å². The van der Waals surface area contributed by atoms with Gasteiger partial charge in [0.05, 0.1) is 19.9 Å². The topological polar surface area (TPSA) is 45.8 Å². The Balaban J connectivity index is 1.72. The van der Waals surface area contributed by atoms with Gasteiger partial charge >= 0.3 is 0 Å².